The predicted octanol–water partition coefficient (Wildman–Crippen LogP) is 0.546. The Kier molecular flexibility index (Phi) is 4.58. The van der Waals surface area contributed by atoms with Gasteiger partial charge in [-0.1, -0.05) is 0 Å². The summed E-state index contributed by atoms with van der Waals surface area (Å²) in [6.07, 6.45) is 4.51. The highest BCUT2D eigenvalue weighted by atomic mass is 16.5. The van der Waals surface area contributed by atoms with Gasteiger partial charge in [-0.3, -0.25) is 0 Å². The molecule has 0 aromatic heterocycles. The molecule has 0 saturated heterocycles. The fourth-order valence-electron chi connectivity index (χ4n) is 1.70. The Morgan fingerprint density at radius 1 is 1.08 bits per heavy atom. The van der Waals surface area contributed by atoms with Gasteiger partial charge in [0, 0.05) is 6.61 Å². The Morgan fingerprint density at radius 2 is 1.75 bits per heavy atom. The van der Waals surface area contributed by atoms with Crippen LogP contribution in [-0.2, 0) is 4.74 Å². The van der Waals surface area contributed by atoms with E-state index in [0.717, 1.165) is 25.7 Å². The normalized spacial score (nSPS) is 30.5. The maximum absolute atomic E-state index is 8.87. The molecule has 0 atom stereocenters. The number of aliphatic hydroxyl groups excluding tert-OH is 2. The Hall–Kier alpha value is -0.120. The molecule has 0 aliphatic heterocycles. The molecule has 0 unspecified atom stereocenters. The molecule has 0 aromatic rings. The standard InChI is InChI=1S/C9H18O3/c10-5-6-12-9-3-1-8(7-11)2-4-9/h8-11H,1-7H2. The molecule has 3 nitrogen and oxygen atoms in total. The zero-order valence-corrected chi connectivity index (χ0v) is 7.41. The first-order chi connectivity index (χ1) is 5.86. The maximum Gasteiger partial charge on any atom is 0.0701 e. The molecule has 0 heterocycles. The minimum atomic E-state index is 0.111. The molecular weight excluding hydrogens is 156 g/mol. The molecule has 1 saturated carbocycles. The first kappa shape index (κ1) is 9.96. The summed E-state index contributed by atoms with van der Waals surface area (Å²) < 4.78 is 5.39. The highest BCUT2D eigenvalue weighted by molar-refractivity contribution is 4.71. The third-order valence-electron chi connectivity index (χ3n) is 2.50. The summed E-state index contributed by atoms with van der Waals surface area (Å²) in [5.41, 5.74) is 0. The van der Waals surface area contributed by atoms with E-state index < -0.39 is 0 Å². The van der Waals surface area contributed by atoms with E-state index >= 15 is 0 Å². The van der Waals surface area contributed by atoms with Gasteiger partial charge in [0.05, 0.1) is 19.3 Å². The van der Waals surface area contributed by atoms with E-state index in [1.54, 1.807) is 0 Å². The van der Waals surface area contributed by atoms with Crippen molar-refractivity contribution < 1.29 is 14.9 Å². The molecule has 0 amide bonds. The molecule has 1 fully saturated rings. The van der Waals surface area contributed by atoms with Gasteiger partial charge >= 0.3 is 0 Å². The van der Waals surface area contributed by atoms with Crippen molar-refractivity contribution in [3.63, 3.8) is 0 Å². The zero-order valence-electron chi connectivity index (χ0n) is 7.41. The Balaban J connectivity index is 2.09. The first-order valence-electron chi connectivity index (χ1n) is 4.70. The fourth-order valence-corrected chi connectivity index (χ4v) is 1.70. The zero-order chi connectivity index (χ0) is 8.81. The summed E-state index contributed by atoms with van der Waals surface area (Å²) in [6.45, 7) is 0.876. The van der Waals surface area contributed by atoms with Crippen LogP contribution in [0.3, 0.4) is 0 Å². The Morgan fingerprint density at radius 3 is 2.25 bits per heavy atom. The van der Waals surface area contributed by atoms with E-state index in [-0.39, 0.29) is 6.61 Å². The molecule has 0 spiro atoms. The van der Waals surface area contributed by atoms with Gasteiger partial charge in [-0.05, 0) is 31.6 Å². The molecule has 1 rings (SSSR count). The third kappa shape index (κ3) is 3.09. The van der Waals surface area contributed by atoms with E-state index in [9.17, 15) is 0 Å². The van der Waals surface area contributed by atoms with Crippen LogP contribution in [0.2, 0.25) is 0 Å². The van der Waals surface area contributed by atoms with Crippen LogP contribution < -0.4 is 0 Å². The van der Waals surface area contributed by atoms with E-state index in [2.05, 4.69) is 0 Å². The summed E-state index contributed by atoms with van der Waals surface area (Å²) in [7, 11) is 0. The van der Waals surface area contributed by atoms with E-state index in [1.165, 1.54) is 0 Å². The molecular formula is C9H18O3. The summed E-state index contributed by atoms with van der Waals surface area (Å²) in [6, 6.07) is 0. The summed E-state index contributed by atoms with van der Waals surface area (Å²) in [5, 5.41) is 17.4. The molecule has 0 bridgehead atoms. The largest absolute Gasteiger partial charge is 0.396 e. The average Bonchev–Trinajstić information content (AvgIpc) is 2.15. The van der Waals surface area contributed by atoms with Crippen molar-refractivity contribution in [3.05, 3.63) is 0 Å². The van der Waals surface area contributed by atoms with Crippen LogP contribution in [0.4, 0.5) is 0 Å². The minimum Gasteiger partial charge on any atom is -0.396 e. The van der Waals surface area contributed by atoms with Crippen molar-refractivity contribution in [3.8, 4) is 0 Å². The molecule has 0 radical (unpaired) electrons. The van der Waals surface area contributed by atoms with Crippen molar-refractivity contribution >= 4 is 0 Å². The van der Waals surface area contributed by atoms with Crippen molar-refractivity contribution in [2.75, 3.05) is 19.8 Å². The molecule has 1 aliphatic rings. The van der Waals surface area contributed by atoms with Crippen LogP contribution >= 0.6 is 0 Å². The van der Waals surface area contributed by atoms with Gasteiger partial charge in [0.1, 0.15) is 0 Å². The van der Waals surface area contributed by atoms with Crippen LogP contribution in [0.25, 0.3) is 0 Å². The van der Waals surface area contributed by atoms with Crippen LogP contribution in [0.1, 0.15) is 25.7 Å². The number of rotatable bonds is 4. The lowest BCUT2D eigenvalue weighted by atomic mass is 9.88. The minimum absolute atomic E-state index is 0.111. The maximum atomic E-state index is 8.87. The first-order valence-corrected chi connectivity index (χ1v) is 4.70. The Bertz CT molecular complexity index is 108. The number of hydrogen-bond acceptors (Lipinski definition) is 3. The van der Waals surface area contributed by atoms with Gasteiger partial charge in [0.15, 0.2) is 0 Å². The second kappa shape index (κ2) is 5.51. The van der Waals surface area contributed by atoms with Crippen molar-refractivity contribution in [2.45, 2.75) is 31.8 Å². The third-order valence-corrected chi connectivity index (χ3v) is 2.50. The molecule has 1 aliphatic carbocycles. The SMILES string of the molecule is OCCOC1CCC(CO)CC1. The van der Waals surface area contributed by atoms with Gasteiger partial charge in [-0.15, -0.1) is 0 Å². The van der Waals surface area contributed by atoms with Gasteiger partial charge in [-0.25, -0.2) is 0 Å². The second-order valence-electron chi connectivity index (χ2n) is 3.42. The lowest BCUT2D eigenvalue weighted by molar-refractivity contribution is -0.00450. The summed E-state index contributed by atoms with van der Waals surface area (Å²) in [5.74, 6) is 0.485. The average molecular weight is 174 g/mol. The van der Waals surface area contributed by atoms with Crippen molar-refractivity contribution in [2.24, 2.45) is 5.92 Å². The van der Waals surface area contributed by atoms with Crippen LogP contribution in [-0.4, -0.2) is 36.1 Å². The van der Waals surface area contributed by atoms with Gasteiger partial charge in [0.25, 0.3) is 0 Å². The fraction of sp³-hybridized carbons (Fsp3) is 1.00. The number of ether oxygens (including phenoxy) is 1. The van der Waals surface area contributed by atoms with E-state index in [1.807, 2.05) is 0 Å². The van der Waals surface area contributed by atoms with Crippen molar-refractivity contribution in [1.29, 1.82) is 0 Å². The molecule has 2 N–H and O–H groups in total. The highest BCUT2D eigenvalue weighted by Gasteiger charge is 2.20. The summed E-state index contributed by atoms with van der Waals surface area (Å²) >= 11 is 0. The monoisotopic (exact) mass is 174 g/mol. The lowest BCUT2D eigenvalue weighted by Gasteiger charge is -2.27. The van der Waals surface area contributed by atoms with E-state index in [4.69, 9.17) is 14.9 Å². The van der Waals surface area contributed by atoms with Gasteiger partial charge in [0.2, 0.25) is 0 Å². The molecule has 0 aromatic carbocycles. The van der Waals surface area contributed by atoms with E-state index in [0.29, 0.717) is 25.2 Å². The molecule has 3 heteroatoms. The van der Waals surface area contributed by atoms with Crippen LogP contribution in [0, 0.1) is 5.92 Å². The number of hydrogen-bond donors (Lipinski definition) is 2. The van der Waals surface area contributed by atoms with Crippen LogP contribution in [0.15, 0.2) is 0 Å². The van der Waals surface area contributed by atoms with Gasteiger partial charge in [-0.2, -0.15) is 0 Å². The summed E-state index contributed by atoms with van der Waals surface area (Å²) in [4.78, 5) is 0. The van der Waals surface area contributed by atoms with Crippen molar-refractivity contribution in [1.82, 2.24) is 0 Å². The lowest BCUT2D eigenvalue weighted by Crippen LogP contribution is -2.24. The van der Waals surface area contributed by atoms with Crippen LogP contribution in [0.5, 0.6) is 0 Å². The van der Waals surface area contributed by atoms with Gasteiger partial charge < -0.3 is 14.9 Å². The molecule has 12 heavy (non-hydrogen) atoms. The predicted molar refractivity (Wildman–Crippen MR) is 45.9 cm³/mol. The molecule has 72 valence electrons. The highest BCUT2D eigenvalue weighted by Crippen LogP contribution is 2.25. The quantitative estimate of drug-likeness (QED) is 0.654. The second-order valence-corrected chi connectivity index (χ2v) is 3.42. The number of aliphatic hydroxyl groups is 2. The topological polar surface area (TPSA) is 49.7 Å². The Labute approximate surface area is 73.4 Å². The smallest absolute Gasteiger partial charge is 0.0701 e.